The number of hydrogen-bond acceptors (Lipinski definition) is 2. The summed E-state index contributed by atoms with van der Waals surface area (Å²) in [5, 5.41) is 3.08. The second kappa shape index (κ2) is 6.48. The first-order chi connectivity index (χ1) is 8.66. The van der Waals surface area contributed by atoms with Crippen molar-refractivity contribution in [3.8, 4) is 0 Å². The van der Waals surface area contributed by atoms with Gasteiger partial charge in [0.05, 0.1) is 5.69 Å². The highest BCUT2D eigenvalue weighted by Gasteiger charge is 2.18. The Kier molecular flexibility index (Phi) is 4.95. The first-order valence-electron chi connectivity index (χ1n) is 6.37. The lowest BCUT2D eigenvalue weighted by molar-refractivity contribution is -0.115. The Morgan fingerprint density at radius 3 is 2.72 bits per heavy atom. The van der Waals surface area contributed by atoms with Crippen molar-refractivity contribution in [1.29, 1.82) is 0 Å². The van der Waals surface area contributed by atoms with Gasteiger partial charge in [-0.25, -0.2) is 0 Å². The molecule has 0 radical (unpaired) electrons. The number of thioether (sulfide) groups is 1. The number of anilines is 1. The Morgan fingerprint density at radius 2 is 2.06 bits per heavy atom. The van der Waals surface area contributed by atoms with Crippen LogP contribution in [0, 0.1) is 0 Å². The van der Waals surface area contributed by atoms with Gasteiger partial charge < -0.3 is 5.32 Å². The van der Waals surface area contributed by atoms with E-state index < -0.39 is 5.38 Å². The van der Waals surface area contributed by atoms with Crippen molar-refractivity contribution in [2.75, 3.05) is 5.32 Å². The van der Waals surface area contributed by atoms with Crippen LogP contribution in [0.5, 0.6) is 0 Å². The van der Waals surface area contributed by atoms with E-state index >= 15 is 0 Å². The maximum absolute atomic E-state index is 11.6. The van der Waals surface area contributed by atoms with Crippen LogP contribution in [0.2, 0.25) is 0 Å². The highest BCUT2D eigenvalue weighted by molar-refractivity contribution is 8.00. The van der Waals surface area contributed by atoms with Gasteiger partial charge in [-0.05, 0) is 31.9 Å². The number of benzene rings is 1. The largest absolute Gasteiger partial charge is 0.324 e. The molecule has 1 saturated carbocycles. The highest BCUT2D eigenvalue weighted by Crippen LogP contribution is 2.38. The van der Waals surface area contributed by atoms with Crippen molar-refractivity contribution >= 4 is 35.0 Å². The predicted molar refractivity (Wildman–Crippen MR) is 78.5 cm³/mol. The fourth-order valence-corrected chi connectivity index (χ4v) is 3.48. The number of carbonyl (C=O) groups is 1. The molecule has 0 heterocycles. The Morgan fingerprint density at radius 1 is 1.39 bits per heavy atom. The summed E-state index contributed by atoms with van der Waals surface area (Å²) in [7, 11) is 0. The molecule has 1 aliphatic rings. The molecule has 0 aromatic heterocycles. The molecular weight excluding hydrogens is 266 g/mol. The van der Waals surface area contributed by atoms with Crippen molar-refractivity contribution in [3.05, 3.63) is 24.3 Å². The Labute approximate surface area is 117 Å². The van der Waals surface area contributed by atoms with E-state index in [1.807, 2.05) is 30.0 Å². The molecule has 98 valence electrons. The van der Waals surface area contributed by atoms with Gasteiger partial charge in [-0.1, -0.05) is 25.0 Å². The van der Waals surface area contributed by atoms with Gasteiger partial charge in [0, 0.05) is 10.1 Å². The zero-order chi connectivity index (χ0) is 13.0. The van der Waals surface area contributed by atoms with Crippen LogP contribution < -0.4 is 5.32 Å². The minimum absolute atomic E-state index is 0.142. The van der Waals surface area contributed by atoms with Gasteiger partial charge in [0.2, 0.25) is 5.91 Å². The summed E-state index contributed by atoms with van der Waals surface area (Å²) < 4.78 is 0. The van der Waals surface area contributed by atoms with Crippen LogP contribution in [0.25, 0.3) is 0 Å². The van der Waals surface area contributed by atoms with Gasteiger partial charge in [0.25, 0.3) is 0 Å². The number of nitrogens with one attached hydrogen (secondary N) is 1. The number of alkyl halides is 1. The molecular formula is C14H18ClNOS. The van der Waals surface area contributed by atoms with Crippen molar-refractivity contribution in [2.24, 2.45) is 0 Å². The average Bonchev–Trinajstić information content (AvgIpc) is 2.84. The second-order valence-corrected chi connectivity index (χ2v) is 6.62. The number of amides is 1. The minimum atomic E-state index is -0.505. The molecule has 1 fully saturated rings. The fraction of sp³-hybridized carbons (Fsp3) is 0.500. The van der Waals surface area contributed by atoms with Gasteiger partial charge in [-0.2, -0.15) is 0 Å². The molecule has 1 aliphatic carbocycles. The SMILES string of the molecule is CC(Cl)C(=O)Nc1ccccc1SC1CCCC1. The Hall–Kier alpha value is -0.670. The Bertz CT molecular complexity index is 416. The van der Waals surface area contributed by atoms with E-state index in [0.29, 0.717) is 5.25 Å². The van der Waals surface area contributed by atoms with Crippen LogP contribution >= 0.6 is 23.4 Å². The van der Waals surface area contributed by atoms with E-state index in [1.54, 1.807) is 6.92 Å². The molecule has 2 nitrogen and oxygen atoms in total. The maximum atomic E-state index is 11.6. The molecule has 1 atom stereocenters. The van der Waals surface area contributed by atoms with E-state index in [-0.39, 0.29) is 5.91 Å². The summed E-state index contributed by atoms with van der Waals surface area (Å²) in [6.07, 6.45) is 5.20. The normalized spacial score (nSPS) is 17.7. The average molecular weight is 284 g/mol. The third-order valence-corrected chi connectivity index (χ3v) is 4.71. The van der Waals surface area contributed by atoms with Gasteiger partial charge in [0.15, 0.2) is 0 Å². The molecule has 0 saturated heterocycles. The zero-order valence-corrected chi connectivity index (χ0v) is 12.1. The van der Waals surface area contributed by atoms with Crippen LogP contribution in [-0.2, 0) is 4.79 Å². The molecule has 1 aromatic rings. The van der Waals surface area contributed by atoms with E-state index in [1.165, 1.54) is 25.7 Å². The molecule has 4 heteroatoms. The Balaban J connectivity index is 2.07. The summed E-state index contributed by atoms with van der Waals surface area (Å²) in [6.45, 7) is 1.68. The topological polar surface area (TPSA) is 29.1 Å². The van der Waals surface area contributed by atoms with Crippen LogP contribution in [0.3, 0.4) is 0 Å². The lowest BCUT2D eigenvalue weighted by Crippen LogP contribution is -2.20. The molecule has 1 aromatic carbocycles. The first-order valence-corrected chi connectivity index (χ1v) is 7.69. The highest BCUT2D eigenvalue weighted by atomic mass is 35.5. The van der Waals surface area contributed by atoms with Crippen molar-refractivity contribution < 1.29 is 4.79 Å². The van der Waals surface area contributed by atoms with E-state index in [4.69, 9.17) is 11.6 Å². The van der Waals surface area contributed by atoms with Gasteiger partial charge in [-0.3, -0.25) is 4.79 Å². The summed E-state index contributed by atoms with van der Waals surface area (Å²) in [4.78, 5) is 12.8. The summed E-state index contributed by atoms with van der Waals surface area (Å²) in [6, 6.07) is 7.95. The summed E-state index contributed by atoms with van der Waals surface area (Å²) in [5.41, 5.74) is 0.881. The van der Waals surface area contributed by atoms with E-state index in [2.05, 4.69) is 11.4 Å². The smallest absolute Gasteiger partial charge is 0.242 e. The van der Waals surface area contributed by atoms with E-state index in [9.17, 15) is 4.79 Å². The maximum Gasteiger partial charge on any atom is 0.242 e. The van der Waals surface area contributed by atoms with Crippen LogP contribution in [-0.4, -0.2) is 16.5 Å². The minimum Gasteiger partial charge on any atom is -0.324 e. The quantitative estimate of drug-likeness (QED) is 0.835. The third-order valence-electron chi connectivity index (χ3n) is 3.10. The predicted octanol–water partition coefficient (Wildman–Crippen LogP) is 4.29. The molecule has 1 amide bonds. The van der Waals surface area contributed by atoms with Crippen molar-refractivity contribution in [2.45, 2.75) is 48.1 Å². The lowest BCUT2D eigenvalue weighted by atomic mass is 10.3. The molecule has 0 bridgehead atoms. The van der Waals surface area contributed by atoms with Crippen LogP contribution in [0.4, 0.5) is 5.69 Å². The van der Waals surface area contributed by atoms with E-state index in [0.717, 1.165) is 10.6 Å². The fourth-order valence-electron chi connectivity index (χ4n) is 2.09. The van der Waals surface area contributed by atoms with Crippen molar-refractivity contribution in [3.63, 3.8) is 0 Å². The van der Waals surface area contributed by atoms with Gasteiger partial charge in [-0.15, -0.1) is 23.4 Å². The second-order valence-electron chi connectivity index (χ2n) is 4.63. The molecule has 1 unspecified atom stereocenters. The monoisotopic (exact) mass is 283 g/mol. The zero-order valence-electron chi connectivity index (χ0n) is 10.5. The van der Waals surface area contributed by atoms with Crippen LogP contribution in [0.1, 0.15) is 32.6 Å². The summed E-state index contributed by atoms with van der Waals surface area (Å²) in [5.74, 6) is -0.142. The lowest BCUT2D eigenvalue weighted by Gasteiger charge is -2.14. The van der Waals surface area contributed by atoms with Crippen LogP contribution in [0.15, 0.2) is 29.2 Å². The standard InChI is InChI=1S/C14H18ClNOS/c1-10(15)14(17)16-12-8-4-5-9-13(12)18-11-6-2-3-7-11/h4-5,8-11H,2-3,6-7H2,1H3,(H,16,17). The first kappa shape index (κ1) is 13.8. The third kappa shape index (κ3) is 3.66. The molecule has 0 spiro atoms. The summed E-state index contributed by atoms with van der Waals surface area (Å²) >= 11 is 7.66. The number of rotatable bonds is 4. The van der Waals surface area contributed by atoms with Gasteiger partial charge >= 0.3 is 0 Å². The van der Waals surface area contributed by atoms with Gasteiger partial charge in [0.1, 0.15) is 5.38 Å². The molecule has 0 aliphatic heterocycles. The number of halogens is 1. The number of hydrogen-bond donors (Lipinski definition) is 1. The molecule has 18 heavy (non-hydrogen) atoms. The molecule has 1 N–H and O–H groups in total. The molecule has 2 rings (SSSR count). The van der Waals surface area contributed by atoms with Crippen molar-refractivity contribution in [1.82, 2.24) is 0 Å². The number of para-hydroxylation sites is 1. The number of carbonyl (C=O) groups excluding carboxylic acids is 1.